The second-order valence-corrected chi connectivity index (χ2v) is 8.16. The van der Waals surface area contributed by atoms with Gasteiger partial charge in [-0.25, -0.2) is 9.78 Å². The number of hydrogen-bond acceptors (Lipinski definition) is 3. The monoisotopic (exact) mass is 450 g/mol. The maximum atomic E-state index is 11.7. The second-order valence-electron chi connectivity index (χ2n) is 8.16. The molecule has 1 aliphatic heterocycles. The molecule has 6 nitrogen and oxygen atoms in total. The van der Waals surface area contributed by atoms with Crippen LogP contribution in [0.15, 0.2) is 91.3 Å². The van der Waals surface area contributed by atoms with Crippen molar-refractivity contribution in [3.05, 3.63) is 114 Å². The summed E-state index contributed by atoms with van der Waals surface area (Å²) in [5, 5.41) is 11.9. The van der Waals surface area contributed by atoms with Crippen LogP contribution in [0.1, 0.15) is 27.0 Å². The van der Waals surface area contributed by atoms with E-state index in [4.69, 9.17) is 4.74 Å². The number of carboxylic acids is 1. The molecule has 0 saturated heterocycles. The third kappa shape index (κ3) is 3.60. The van der Waals surface area contributed by atoms with Gasteiger partial charge in [0.25, 0.3) is 0 Å². The van der Waals surface area contributed by atoms with E-state index in [1.54, 1.807) is 18.2 Å². The predicted molar refractivity (Wildman–Crippen MR) is 132 cm³/mol. The summed E-state index contributed by atoms with van der Waals surface area (Å²) in [4.78, 5) is 16.3. The van der Waals surface area contributed by atoms with E-state index in [0.29, 0.717) is 18.9 Å². The molecule has 0 radical (unpaired) electrons. The Morgan fingerprint density at radius 3 is 2.56 bits per heavy atom. The minimum Gasteiger partial charge on any atom is -0.488 e. The summed E-state index contributed by atoms with van der Waals surface area (Å²) in [7, 11) is 0. The Labute approximate surface area is 195 Å². The second kappa shape index (κ2) is 8.50. The third-order valence-corrected chi connectivity index (χ3v) is 6.19. The van der Waals surface area contributed by atoms with Gasteiger partial charge < -0.3 is 19.9 Å². The Kier molecular flexibility index (Phi) is 5.36. The first kappa shape index (κ1) is 21.4. The number of imidazole rings is 1. The SMILES string of the molecule is O.O=C(O)c1ccc2c(c1)C(=CCn1cnc3cc4ccccc4cc31)c1ccccc1CO2. The molecule has 0 spiro atoms. The van der Waals surface area contributed by atoms with Gasteiger partial charge in [0.1, 0.15) is 12.4 Å². The van der Waals surface area contributed by atoms with Crippen molar-refractivity contribution in [1.29, 1.82) is 0 Å². The Balaban J connectivity index is 0.00000241. The van der Waals surface area contributed by atoms with Gasteiger partial charge in [-0.2, -0.15) is 0 Å². The van der Waals surface area contributed by atoms with E-state index in [0.717, 1.165) is 33.3 Å². The number of carboxylic acid groups (broad SMARTS) is 1. The highest BCUT2D eigenvalue weighted by molar-refractivity contribution is 5.95. The molecule has 0 unspecified atom stereocenters. The minimum atomic E-state index is -0.956. The van der Waals surface area contributed by atoms with Crippen molar-refractivity contribution in [1.82, 2.24) is 9.55 Å². The lowest BCUT2D eigenvalue weighted by molar-refractivity contribution is 0.0697. The Morgan fingerprint density at radius 1 is 0.971 bits per heavy atom. The topological polar surface area (TPSA) is 95.8 Å². The lowest BCUT2D eigenvalue weighted by atomic mass is 9.93. The van der Waals surface area contributed by atoms with Crippen molar-refractivity contribution in [3.8, 4) is 5.75 Å². The van der Waals surface area contributed by atoms with E-state index in [-0.39, 0.29) is 11.0 Å². The molecule has 6 heteroatoms. The quantitative estimate of drug-likeness (QED) is 0.414. The number of fused-ring (bicyclic) bond motifs is 4. The van der Waals surface area contributed by atoms with E-state index in [1.165, 1.54) is 10.8 Å². The van der Waals surface area contributed by atoms with Gasteiger partial charge in [0.05, 0.1) is 22.9 Å². The van der Waals surface area contributed by atoms with E-state index in [1.807, 2.05) is 36.7 Å². The molecule has 0 amide bonds. The Hall–Kier alpha value is -4.42. The van der Waals surface area contributed by atoms with E-state index in [2.05, 4.69) is 46.0 Å². The molecule has 5 aromatic rings. The molecule has 168 valence electrons. The largest absolute Gasteiger partial charge is 0.488 e. The molecule has 0 saturated carbocycles. The molecule has 1 aliphatic rings. The van der Waals surface area contributed by atoms with Gasteiger partial charge in [0.15, 0.2) is 0 Å². The van der Waals surface area contributed by atoms with Gasteiger partial charge in [0.2, 0.25) is 0 Å². The van der Waals surface area contributed by atoms with Crippen molar-refractivity contribution >= 4 is 33.3 Å². The van der Waals surface area contributed by atoms with Crippen molar-refractivity contribution in [2.75, 3.05) is 0 Å². The molecule has 4 aromatic carbocycles. The van der Waals surface area contributed by atoms with E-state index in [9.17, 15) is 9.90 Å². The number of nitrogens with zero attached hydrogens (tertiary/aromatic N) is 2. The molecule has 2 heterocycles. The molecule has 1 aromatic heterocycles. The van der Waals surface area contributed by atoms with Crippen molar-refractivity contribution < 1.29 is 20.1 Å². The zero-order valence-corrected chi connectivity index (χ0v) is 18.2. The van der Waals surface area contributed by atoms with Gasteiger partial charge in [-0.05, 0) is 57.8 Å². The summed E-state index contributed by atoms with van der Waals surface area (Å²) in [6.45, 7) is 1.03. The molecular weight excluding hydrogens is 428 g/mol. The highest BCUT2D eigenvalue weighted by Gasteiger charge is 2.20. The van der Waals surface area contributed by atoms with Gasteiger partial charge in [0, 0.05) is 12.1 Å². The number of aromatic nitrogens is 2. The normalized spacial score (nSPS) is 13.6. The summed E-state index contributed by atoms with van der Waals surface area (Å²) in [6, 6.07) is 25.7. The summed E-state index contributed by atoms with van der Waals surface area (Å²) in [5.74, 6) is -0.272. The Bertz CT molecular complexity index is 1580. The van der Waals surface area contributed by atoms with Crippen LogP contribution in [-0.2, 0) is 13.2 Å². The van der Waals surface area contributed by atoms with Crippen LogP contribution in [-0.4, -0.2) is 26.1 Å². The number of carbonyl (C=O) groups is 1. The lowest BCUT2D eigenvalue weighted by Crippen LogP contribution is -2.00. The van der Waals surface area contributed by atoms with Crippen LogP contribution in [0.5, 0.6) is 5.75 Å². The average Bonchev–Trinajstić information content (AvgIpc) is 3.16. The van der Waals surface area contributed by atoms with Crippen molar-refractivity contribution in [2.24, 2.45) is 0 Å². The summed E-state index contributed by atoms with van der Waals surface area (Å²) in [6.07, 6.45) is 3.99. The van der Waals surface area contributed by atoms with Crippen LogP contribution in [0, 0.1) is 0 Å². The number of hydrogen-bond donors (Lipinski definition) is 1. The standard InChI is InChI=1S/C28H20N2O3.H2O/c31-28(32)20-9-10-27-24(13-20)23(22-8-4-3-7-21(22)16-33-27)11-12-30-17-29-25-14-18-5-1-2-6-19(18)15-26(25)30;/h1-11,13-15,17H,12,16H2,(H,31,32);1H2. The Morgan fingerprint density at radius 2 is 1.74 bits per heavy atom. The number of benzene rings is 4. The van der Waals surface area contributed by atoms with Gasteiger partial charge in [-0.15, -0.1) is 0 Å². The van der Waals surface area contributed by atoms with Crippen LogP contribution in [0.25, 0.3) is 27.4 Å². The fourth-order valence-corrected chi connectivity index (χ4v) is 4.51. The molecule has 0 atom stereocenters. The van der Waals surface area contributed by atoms with Crippen LogP contribution in [0.3, 0.4) is 0 Å². The third-order valence-electron chi connectivity index (χ3n) is 6.19. The number of rotatable bonds is 3. The molecule has 0 bridgehead atoms. The molecular formula is C28H22N2O4. The minimum absolute atomic E-state index is 0. The predicted octanol–water partition coefficient (Wildman–Crippen LogP) is 5.09. The lowest BCUT2D eigenvalue weighted by Gasteiger charge is -2.12. The van der Waals surface area contributed by atoms with Gasteiger partial charge in [-0.3, -0.25) is 0 Å². The first-order valence-corrected chi connectivity index (χ1v) is 10.8. The number of allylic oxidation sites excluding steroid dienone is 1. The number of aromatic carboxylic acids is 1. The van der Waals surface area contributed by atoms with Gasteiger partial charge >= 0.3 is 5.97 Å². The highest BCUT2D eigenvalue weighted by atomic mass is 16.5. The van der Waals surface area contributed by atoms with Crippen LogP contribution in [0.2, 0.25) is 0 Å². The van der Waals surface area contributed by atoms with Crippen LogP contribution < -0.4 is 4.74 Å². The fourth-order valence-electron chi connectivity index (χ4n) is 4.51. The summed E-state index contributed by atoms with van der Waals surface area (Å²) in [5.41, 5.74) is 6.11. The molecule has 0 aliphatic carbocycles. The molecule has 34 heavy (non-hydrogen) atoms. The fraction of sp³-hybridized carbons (Fsp3) is 0.0714. The zero-order chi connectivity index (χ0) is 22.4. The average molecular weight is 450 g/mol. The zero-order valence-electron chi connectivity index (χ0n) is 18.2. The maximum absolute atomic E-state index is 11.7. The summed E-state index contributed by atoms with van der Waals surface area (Å²) >= 11 is 0. The van der Waals surface area contributed by atoms with Crippen molar-refractivity contribution in [3.63, 3.8) is 0 Å². The molecule has 3 N–H and O–H groups in total. The molecule has 6 rings (SSSR count). The summed E-state index contributed by atoms with van der Waals surface area (Å²) < 4.78 is 8.16. The van der Waals surface area contributed by atoms with E-state index >= 15 is 0 Å². The first-order valence-electron chi connectivity index (χ1n) is 10.8. The van der Waals surface area contributed by atoms with Crippen LogP contribution >= 0.6 is 0 Å². The maximum Gasteiger partial charge on any atom is 0.335 e. The smallest absolute Gasteiger partial charge is 0.335 e. The van der Waals surface area contributed by atoms with Crippen LogP contribution in [0.4, 0.5) is 0 Å². The number of ether oxygens (including phenoxy) is 1. The van der Waals surface area contributed by atoms with E-state index < -0.39 is 5.97 Å². The first-order chi connectivity index (χ1) is 16.2. The highest BCUT2D eigenvalue weighted by Crippen LogP contribution is 2.37. The van der Waals surface area contributed by atoms with Crippen molar-refractivity contribution in [2.45, 2.75) is 13.2 Å². The molecule has 0 fully saturated rings. The van der Waals surface area contributed by atoms with Gasteiger partial charge in [-0.1, -0.05) is 54.6 Å².